The van der Waals surface area contributed by atoms with Gasteiger partial charge in [-0.2, -0.15) is 0 Å². The summed E-state index contributed by atoms with van der Waals surface area (Å²) >= 11 is 1.66. The van der Waals surface area contributed by atoms with E-state index in [0.717, 1.165) is 12.8 Å². The molecule has 8 heteroatoms. The van der Waals surface area contributed by atoms with E-state index in [-0.39, 0.29) is 40.4 Å². The first-order valence-electron chi connectivity index (χ1n) is 12.2. The van der Waals surface area contributed by atoms with Gasteiger partial charge in [0.2, 0.25) is 17.7 Å². The highest BCUT2D eigenvalue weighted by atomic mass is 32.2. The van der Waals surface area contributed by atoms with Crippen LogP contribution in [-0.2, 0) is 14.4 Å². The Morgan fingerprint density at radius 1 is 1.18 bits per heavy atom. The predicted molar refractivity (Wildman–Crippen MR) is 132 cm³/mol. The fraction of sp³-hybridized carbons (Fsp3) is 0.880. The summed E-state index contributed by atoms with van der Waals surface area (Å²) in [5, 5.41) is 16.3. The first kappa shape index (κ1) is 26.3. The molecule has 3 N–H and O–H groups in total. The molecular formula is C25H43N3O4S. The fourth-order valence-electron chi connectivity index (χ4n) is 6.97. The van der Waals surface area contributed by atoms with Crippen LogP contribution in [0.5, 0.6) is 0 Å². The third-order valence-corrected chi connectivity index (χ3v) is 9.73. The Hall–Kier alpha value is -1.28. The molecule has 2 bridgehead atoms. The van der Waals surface area contributed by atoms with Crippen molar-refractivity contribution in [2.45, 2.75) is 102 Å². The van der Waals surface area contributed by atoms with Gasteiger partial charge in [-0.15, -0.1) is 11.8 Å². The molecule has 3 aliphatic heterocycles. The standard InChI is InChI=1S/C25H43N3O4S/c1-14(2)15(12-29)28-18(20(31)27-23(6,7)13-22(3,4)5)25-11-10-24(8,33-25)16(19(30)26-9)17(25)21(28)32/h14-18,29H,10-13H2,1-9H3,(H,26,30)(H,27,31)/t15-,16+,17-,18?,24-,25?/m0/s1. The average Bonchev–Trinajstić information content (AvgIpc) is 3.20. The number of hydrogen-bond acceptors (Lipinski definition) is 5. The number of amides is 3. The molecule has 3 saturated heterocycles. The number of likely N-dealkylation sites (tertiary alicyclic amines) is 1. The minimum absolute atomic E-state index is 0.0205. The van der Waals surface area contributed by atoms with E-state index >= 15 is 0 Å². The summed E-state index contributed by atoms with van der Waals surface area (Å²) in [6, 6.07) is -1.19. The maximum absolute atomic E-state index is 14.0. The van der Waals surface area contributed by atoms with E-state index in [1.165, 1.54) is 0 Å². The van der Waals surface area contributed by atoms with Crippen molar-refractivity contribution in [1.82, 2.24) is 15.5 Å². The highest BCUT2D eigenvalue weighted by molar-refractivity contribution is 8.02. The molecule has 0 aromatic rings. The second-order valence-corrected chi connectivity index (χ2v) is 14.6. The van der Waals surface area contributed by atoms with E-state index in [2.05, 4.69) is 38.3 Å². The summed E-state index contributed by atoms with van der Waals surface area (Å²) in [5.41, 5.74) is -0.441. The lowest BCUT2D eigenvalue weighted by molar-refractivity contribution is -0.144. The molecule has 0 aromatic heterocycles. The van der Waals surface area contributed by atoms with Gasteiger partial charge in [0.15, 0.2) is 0 Å². The highest BCUT2D eigenvalue weighted by Crippen LogP contribution is 2.71. The molecule has 7 nitrogen and oxygen atoms in total. The predicted octanol–water partition coefficient (Wildman–Crippen LogP) is 2.56. The number of nitrogens with one attached hydrogen (secondary N) is 2. The number of fused-ring (bicyclic) bond motifs is 1. The Morgan fingerprint density at radius 2 is 1.79 bits per heavy atom. The van der Waals surface area contributed by atoms with Gasteiger partial charge in [-0.1, -0.05) is 34.6 Å². The van der Waals surface area contributed by atoms with Crippen LogP contribution < -0.4 is 10.6 Å². The monoisotopic (exact) mass is 481 g/mol. The number of nitrogens with zero attached hydrogens (tertiary/aromatic N) is 1. The smallest absolute Gasteiger partial charge is 0.244 e. The van der Waals surface area contributed by atoms with E-state index < -0.39 is 34.2 Å². The van der Waals surface area contributed by atoms with Crippen LogP contribution >= 0.6 is 11.8 Å². The maximum Gasteiger partial charge on any atom is 0.244 e. The molecule has 3 fully saturated rings. The lowest BCUT2D eigenvalue weighted by atomic mass is 9.66. The molecule has 3 rings (SSSR count). The molecular weight excluding hydrogens is 438 g/mol. The maximum atomic E-state index is 14.0. The lowest BCUT2D eigenvalue weighted by Crippen LogP contribution is -2.60. The summed E-state index contributed by atoms with van der Waals surface area (Å²) in [4.78, 5) is 42.7. The Balaban J connectivity index is 2.08. The van der Waals surface area contributed by atoms with Crippen LogP contribution in [0.2, 0.25) is 0 Å². The van der Waals surface area contributed by atoms with Crippen LogP contribution in [0.4, 0.5) is 0 Å². The normalized spacial score (nSPS) is 34.6. The van der Waals surface area contributed by atoms with Gasteiger partial charge < -0.3 is 20.6 Å². The lowest BCUT2D eigenvalue weighted by Gasteiger charge is -2.41. The number of thioether (sulfide) groups is 1. The van der Waals surface area contributed by atoms with Gasteiger partial charge in [0.25, 0.3) is 0 Å². The number of carbonyl (C=O) groups excluding carboxylic acids is 3. The largest absolute Gasteiger partial charge is 0.394 e. The third-order valence-electron chi connectivity index (χ3n) is 7.74. The molecule has 3 heterocycles. The van der Waals surface area contributed by atoms with Crippen LogP contribution in [-0.4, -0.2) is 68.5 Å². The highest BCUT2D eigenvalue weighted by Gasteiger charge is 2.77. The van der Waals surface area contributed by atoms with E-state index in [4.69, 9.17) is 0 Å². The molecule has 0 aromatic carbocycles. The zero-order valence-corrected chi connectivity index (χ0v) is 22.6. The van der Waals surface area contributed by atoms with E-state index in [1.54, 1.807) is 23.7 Å². The number of aliphatic hydroxyl groups is 1. The molecule has 33 heavy (non-hydrogen) atoms. The van der Waals surface area contributed by atoms with Gasteiger partial charge in [0.05, 0.1) is 29.2 Å². The van der Waals surface area contributed by atoms with Gasteiger partial charge in [-0.25, -0.2) is 0 Å². The first-order valence-corrected chi connectivity index (χ1v) is 13.0. The van der Waals surface area contributed by atoms with Gasteiger partial charge >= 0.3 is 0 Å². The fourth-order valence-corrected chi connectivity index (χ4v) is 9.31. The van der Waals surface area contributed by atoms with Crippen molar-refractivity contribution in [1.29, 1.82) is 0 Å². The zero-order chi connectivity index (χ0) is 25.1. The summed E-state index contributed by atoms with van der Waals surface area (Å²) < 4.78 is -1.04. The zero-order valence-electron chi connectivity index (χ0n) is 21.7. The van der Waals surface area contributed by atoms with Crippen LogP contribution in [0.15, 0.2) is 0 Å². The van der Waals surface area contributed by atoms with Crippen molar-refractivity contribution >= 4 is 29.5 Å². The van der Waals surface area contributed by atoms with Crippen molar-refractivity contribution < 1.29 is 19.5 Å². The van der Waals surface area contributed by atoms with Crippen molar-refractivity contribution in [2.24, 2.45) is 23.2 Å². The second-order valence-electron chi connectivity index (χ2n) is 12.7. The van der Waals surface area contributed by atoms with Gasteiger partial charge in [0.1, 0.15) is 6.04 Å². The van der Waals surface area contributed by atoms with Crippen molar-refractivity contribution in [3.63, 3.8) is 0 Å². The number of aliphatic hydroxyl groups excluding tert-OH is 1. The molecule has 0 aliphatic carbocycles. The summed E-state index contributed by atoms with van der Waals surface area (Å²) in [6.45, 7) is 16.2. The third kappa shape index (κ3) is 4.30. The van der Waals surface area contributed by atoms with E-state index in [0.29, 0.717) is 6.42 Å². The van der Waals surface area contributed by atoms with Crippen LogP contribution in [0.25, 0.3) is 0 Å². The van der Waals surface area contributed by atoms with Crippen molar-refractivity contribution in [2.75, 3.05) is 13.7 Å². The minimum atomic E-state index is -0.713. The molecule has 2 unspecified atom stereocenters. The Kier molecular flexibility index (Phi) is 6.73. The Morgan fingerprint density at radius 3 is 2.27 bits per heavy atom. The SMILES string of the molecule is CNC(=O)[C@H]1[C@H]2C(=O)N([C@@H](CO)C(C)C)C(C(=O)NC(C)(C)CC(C)(C)C)C23CC[C@]1(C)S3. The quantitative estimate of drug-likeness (QED) is 0.519. The first-order chi connectivity index (χ1) is 15.0. The number of hydrogen-bond donors (Lipinski definition) is 3. The van der Waals surface area contributed by atoms with Gasteiger partial charge in [-0.3, -0.25) is 14.4 Å². The molecule has 188 valence electrons. The molecule has 6 atom stereocenters. The average molecular weight is 482 g/mol. The summed E-state index contributed by atoms with van der Waals surface area (Å²) in [5.74, 6) is -1.54. The molecule has 1 spiro atoms. The van der Waals surface area contributed by atoms with Crippen LogP contribution in [0.3, 0.4) is 0 Å². The van der Waals surface area contributed by atoms with E-state index in [9.17, 15) is 19.5 Å². The molecule has 3 aliphatic rings. The molecule has 0 saturated carbocycles. The summed E-state index contributed by atoms with van der Waals surface area (Å²) in [6.07, 6.45) is 2.28. The summed E-state index contributed by atoms with van der Waals surface area (Å²) in [7, 11) is 1.61. The topological polar surface area (TPSA) is 98.7 Å². The molecule has 0 radical (unpaired) electrons. The Bertz CT molecular complexity index is 823. The van der Waals surface area contributed by atoms with E-state index in [1.807, 2.05) is 27.7 Å². The van der Waals surface area contributed by atoms with Crippen LogP contribution in [0.1, 0.15) is 74.7 Å². The van der Waals surface area contributed by atoms with Crippen molar-refractivity contribution in [3.05, 3.63) is 0 Å². The van der Waals surface area contributed by atoms with Crippen LogP contribution in [0, 0.1) is 23.2 Å². The Labute approximate surface area is 203 Å². The number of carbonyl (C=O) groups is 3. The number of rotatable bonds is 7. The molecule has 3 amide bonds. The minimum Gasteiger partial charge on any atom is -0.394 e. The van der Waals surface area contributed by atoms with Crippen molar-refractivity contribution in [3.8, 4) is 0 Å². The van der Waals surface area contributed by atoms with Gasteiger partial charge in [0, 0.05) is 17.3 Å². The van der Waals surface area contributed by atoms with Gasteiger partial charge in [-0.05, 0) is 51.4 Å². The second kappa shape index (κ2) is 8.43.